The van der Waals surface area contributed by atoms with Gasteiger partial charge in [-0.2, -0.15) is 0 Å². The minimum atomic E-state index is -0.194. The van der Waals surface area contributed by atoms with Gasteiger partial charge in [0.25, 0.3) is 0 Å². The molecule has 0 aliphatic heterocycles. The number of nitrogens with one attached hydrogen (secondary N) is 3. The van der Waals surface area contributed by atoms with Crippen molar-refractivity contribution in [3.63, 3.8) is 0 Å². The van der Waals surface area contributed by atoms with Gasteiger partial charge in [-0.3, -0.25) is 0 Å². The molecule has 0 saturated carbocycles. The highest BCUT2D eigenvalue weighted by Crippen LogP contribution is 2.13. The summed E-state index contributed by atoms with van der Waals surface area (Å²) >= 11 is 0. The zero-order chi connectivity index (χ0) is 13.8. The topological polar surface area (TPSA) is 60.7 Å². The van der Waals surface area contributed by atoms with Crippen LogP contribution in [0.2, 0.25) is 0 Å². The molecule has 1 heterocycles. The molecule has 0 bridgehead atoms. The summed E-state index contributed by atoms with van der Waals surface area (Å²) < 4.78 is 0. The van der Waals surface area contributed by atoms with Crippen LogP contribution < -0.4 is 23.4 Å². The third-order valence-electron chi connectivity index (χ3n) is 2.90. The number of rotatable bonds is 2. The standard InChI is InChI=1S/C16H13N3O.ClH/c20-16-18-14-9-8-13(11-15(14)19-16)17-10-4-7-12-5-2-1-3-6-12;/h1-3,5-6,8-9,11,17H,10H2,(H2,18,19,20);1H/p-1. The molecule has 5 heteroatoms. The first-order valence-corrected chi connectivity index (χ1v) is 6.31. The van der Waals surface area contributed by atoms with E-state index < -0.39 is 0 Å². The molecule has 0 saturated heterocycles. The van der Waals surface area contributed by atoms with E-state index in [1.54, 1.807) is 0 Å². The number of benzene rings is 2. The first kappa shape index (κ1) is 14.8. The number of H-pyrrole nitrogens is 2. The number of hydrogen-bond acceptors (Lipinski definition) is 2. The highest BCUT2D eigenvalue weighted by Gasteiger charge is 1.98. The van der Waals surface area contributed by atoms with Crippen molar-refractivity contribution in [2.45, 2.75) is 0 Å². The Bertz CT molecular complexity index is 840. The molecule has 0 aliphatic rings. The minimum absolute atomic E-state index is 0. The van der Waals surface area contributed by atoms with E-state index in [9.17, 15) is 4.79 Å². The minimum Gasteiger partial charge on any atom is -1.00 e. The SMILES string of the molecule is O=c1[nH]c2ccc(NCC#Cc3ccccc3)cc2[nH]1.[Cl-]. The van der Waals surface area contributed by atoms with E-state index in [1.165, 1.54) is 0 Å². The zero-order valence-electron chi connectivity index (χ0n) is 11.1. The third kappa shape index (κ3) is 3.68. The second-order valence-corrected chi connectivity index (χ2v) is 4.36. The molecule has 0 unspecified atom stereocenters. The molecule has 2 aromatic carbocycles. The smallest absolute Gasteiger partial charge is 0.323 e. The molecular formula is C16H13ClN3O-. The Labute approximate surface area is 128 Å². The van der Waals surface area contributed by atoms with Gasteiger partial charge in [-0.25, -0.2) is 4.79 Å². The van der Waals surface area contributed by atoms with E-state index in [2.05, 4.69) is 27.1 Å². The molecule has 106 valence electrons. The predicted octanol–water partition coefficient (Wildman–Crippen LogP) is -0.676. The Morgan fingerprint density at radius 1 is 1.00 bits per heavy atom. The summed E-state index contributed by atoms with van der Waals surface area (Å²) in [6.45, 7) is 0.551. The van der Waals surface area contributed by atoms with Crippen molar-refractivity contribution in [3.8, 4) is 11.8 Å². The van der Waals surface area contributed by atoms with Crippen LogP contribution >= 0.6 is 0 Å². The summed E-state index contributed by atoms with van der Waals surface area (Å²) in [5.41, 5.74) is 3.32. The molecule has 0 amide bonds. The van der Waals surface area contributed by atoms with Crippen LogP contribution in [-0.4, -0.2) is 16.5 Å². The molecule has 1 aromatic heterocycles. The molecular weight excluding hydrogens is 286 g/mol. The van der Waals surface area contributed by atoms with Crippen LogP contribution in [0.15, 0.2) is 53.3 Å². The quantitative estimate of drug-likeness (QED) is 0.549. The number of aromatic nitrogens is 2. The summed E-state index contributed by atoms with van der Waals surface area (Å²) in [7, 11) is 0. The van der Waals surface area contributed by atoms with Crippen LogP contribution in [0.25, 0.3) is 11.0 Å². The van der Waals surface area contributed by atoms with Crippen LogP contribution in [0.1, 0.15) is 5.56 Å². The Morgan fingerprint density at radius 2 is 1.76 bits per heavy atom. The van der Waals surface area contributed by atoms with Crippen LogP contribution in [0, 0.1) is 11.8 Å². The van der Waals surface area contributed by atoms with Crippen molar-refractivity contribution in [1.82, 2.24) is 9.97 Å². The van der Waals surface area contributed by atoms with Crippen LogP contribution in [0.3, 0.4) is 0 Å². The van der Waals surface area contributed by atoms with Gasteiger partial charge in [-0.1, -0.05) is 30.0 Å². The maximum Gasteiger partial charge on any atom is 0.323 e. The van der Waals surface area contributed by atoms with Crippen LogP contribution in [-0.2, 0) is 0 Å². The fraction of sp³-hybridized carbons (Fsp3) is 0.0625. The van der Waals surface area contributed by atoms with Gasteiger partial charge in [0.1, 0.15) is 0 Å². The first-order valence-electron chi connectivity index (χ1n) is 6.31. The Hall–Kier alpha value is -2.64. The van der Waals surface area contributed by atoms with Gasteiger partial charge in [0, 0.05) is 11.3 Å². The maximum atomic E-state index is 11.2. The van der Waals surface area contributed by atoms with Gasteiger partial charge in [-0.15, -0.1) is 0 Å². The second-order valence-electron chi connectivity index (χ2n) is 4.36. The van der Waals surface area contributed by atoms with Gasteiger partial charge < -0.3 is 27.7 Å². The van der Waals surface area contributed by atoms with Crippen LogP contribution in [0.4, 0.5) is 5.69 Å². The first-order chi connectivity index (χ1) is 9.81. The Morgan fingerprint density at radius 3 is 2.57 bits per heavy atom. The number of anilines is 1. The molecule has 4 nitrogen and oxygen atoms in total. The van der Waals surface area contributed by atoms with Crippen molar-refractivity contribution in [2.24, 2.45) is 0 Å². The zero-order valence-corrected chi connectivity index (χ0v) is 11.9. The maximum absolute atomic E-state index is 11.2. The lowest BCUT2D eigenvalue weighted by molar-refractivity contribution is -0.00000410. The summed E-state index contributed by atoms with van der Waals surface area (Å²) in [5, 5.41) is 3.21. The van der Waals surface area contributed by atoms with E-state index >= 15 is 0 Å². The lowest BCUT2D eigenvalue weighted by Crippen LogP contribution is -3.00. The van der Waals surface area contributed by atoms with Gasteiger partial charge in [0.2, 0.25) is 0 Å². The summed E-state index contributed by atoms with van der Waals surface area (Å²) in [6, 6.07) is 15.5. The molecule has 3 rings (SSSR count). The average Bonchev–Trinajstić information content (AvgIpc) is 2.84. The number of aromatic amines is 2. The van der Waals surface area contributed by atoms with Crippen molar-refractivity contribution in [2.75, 3.05) is 11.9 Å². The van der Waals surface area contributed by atoms with Gasteiger partial charge in [0.15, 0.2) is 0 Å². The summed E-state index contributed by atoms with van der Waals surface area (Å²) in [6.07, 6.45) is 0. The molecule has 0 fully saturated rings. The van der Waals surface area contributed by atoms with E-state index in [4.69, 9.17) is 0 Å². The van der Waals surface area contributed by atoms with Gasteiger partial charge in [-0.05, 0) is 30.3 Å². The van der Waals surface area contributed by atoms with Crippen molar-refractivity contribution < 1.29 is 12.4 Å². The second kappa shape index (κ2) is 6.69. The fourth-order valence-electron chi connectivity index (χ4n) is 1.96. The molecule has 3 N–H and O–H groups in total. The predicted molar refractivity (Wildman–Crippen MR) is 80.7 cm³/mol. The van der Waals surface area contributed by atoms with Crippen molar-refractivity contribution in [1.29, 1.82) is 0 Å². The monoisotopic (exact) mass is 298 g/mol. The molecule has 0 atom stereocenters. The normalized spacial score (nSPS) is 9.52. The number of fused-ring (bicyclic) bond motifs is 1. The van der Waals surface area contributed by atoms with E-state index in [1.807, 2.05) is 48.5 Å². The third-order valence-corrected chi connectivity index (χ3v) is 2.90. The fourth-order valence-corrected chi connectivity index (χ4v) is 1.96. The summed E-state index contributed by atoms with van der Waals surface area (Å²) in [5.74, 6) is 6.14. The highest BCUT2D eigenvalue weighted by molar-refractivity contribution is 5.78. The number of hydrogen-bond donors (Lipinski definition) is 3. The number of halogens is 1. The Kier molecular flexibility index (Phi) is 4.70. The van der Waals surface area contributed by atoms with Gasteiger partial charge >= 0.3 is 5.69 Å². The molecule has 21 heavy (non-hydrogen) atoms. The Balaban J connectivity index is 0.00000161. The molecule has 0 radical (unpaired) electrons. The molecule has 0 spiro atoms. The average molecular weight is 299 g/mol. The molecule has 0 aliphatic carbocycles. The van der Waals surface area contributed by atoms with E-state index in [-0.39, 0.29) is 18.1 Å². The lowest BCUT2D eigenvalue weighted by Gasteiger charge is -2.01. The number of imidazole rings is 1. The van der Waals surface area contributed by atoms with Crippen molar-refractivity contribution >= 4 is 16.7 Å². The van der Waals surface area contributed by atoms with E-state index in [0.717, 1.165) is 22.3 Å². The summed E-state index contributed by atoms with van der Waals surface area (Å²) in [4.78, 5) is 16.6. The lowest BCUT2D eigenvalue weighted by atomic mass is 10.2. The largest absolute Gasteiger partial charge is 1.00 e. The van der Waals surface area contributed by atoms with Crippen molar-refractivity contribution in [3.05, 3.63) is 64.6 Å². The van der Waals surface area contributed by atoms with Gasteiger partial charge in [0.05, 0.1) is 17.6 Å². The van der Waals surface area contributed by atoms with E-state index in [0.29, 0.717) is 6.54 Å². The molecule has 3 aromatic rings. The highest BCUT2D eigenvalue weighted by atomic mass is 35.5. The van der Waals surface area contributed by atoms with Crippen LogP contribution in [0.5, 0.6) is 0 Å².